The molecule has 1 atom stereocenters. The van der Waals surface area contributed by atoms with Crippen LogP contribution in [0, 0.1) is 0 Å². The first-order chi connectivity index (χ1) is 11.8. The lowest BCUT2D eigenvalue weighted by Gasteiger charge is -2.31. The number of carbonyl (C=O) groups is 2. The van der Waals surface area contributed by atoms with Crippen LogP contribution in [0.25, 0.3) is 0 Å². The molecule has 132 valence electrons. The summed E-state index contributed by atoms with van der Waals surface area (Å²) in [6.45, 7) is 0.375. The fourth-order valence-electron chi connectivity index (χ4n) is 3.38. The molecule has 1 saturated carbocycles. The normalized spacial score (nSPS) is 23.9. The standard InChI is InChI=1S/C17H16F3N3O2/c1-22-12-8-23(11-6-7-11)15(24)13(12)14(21-16(22)25)9-2-4-10(5-3-9)17(18,19)20/h2-5,11,14H,6-8H2,1H3,(H,21,25). The van der Waals surface area contributed by atoms with E-state index in [4.69, 9.17) is 0 Å². The lowest BCUT2D eigenvalue weighted by atomic mass is 9.95. The molecule has 4 rings (SSSR count). The Balaban J connectivity index is 1.71. The highest BCUT2D eigenvalue weighted by atomic mass is 19.4. The zero-order valence-electron chi connectivity index (χ0n) is 13.4. The molecule has 5 nitrogen and oxygen atoms in total. The van der Waals surface area contributed by atoms with Gasteiger partial charge in [0.2, 0.25) is 0 Å². The minimum Gasteiger partial charge on any atom is -0.330 e. The van der Waals surface area contributed by atoms with Crippen LogP contribution in [0.5, 0.6) is 0 Å². The van der Waals surface area contributed by atoms with E-state index in [1.54, 1.807) is 11.9 Å². The molecule has 2 heterocycles. The zero-order chi connectivity index (χ0) is 17.9. The van der Waals surface area contributed by atoms with Crippen LogP contribution in [-0.4, -0.2) is 41.4 Å². The molecular weight excluding hydrogens is 335 g/mol. The maximum atomic E-state index is 12.8. The van der Waals surface area contributed by atoms with E-state index in [1.807, 2.05) is 0 Å². The van der Waals surface area contributed by atoms with E-state index in [0.29, 0.717) is 23.4 Å². The molecule has 3 amide bonds. The van der Waals surface area contributed by atoms with Crippen molar-refractivity contribution in [2.75, 3.05) is 13.6 Å². The van der Waals surface area contributed by atoms with Gasteiger partial charge in [0.25, 0.3) is 5.91 Å². The Bertz CT molecular complexity index is 781. The van der Waals surface area contributed by atoms with Gasteiger partial charge in [-0.1, -0.05) is 12.1 Å². The van der Waals surface area contributed by atoms with Crippen LogP contribution in [0.4, 0.5) is 18.0 Å². The van der Waals surface area contributed by atoms with Gasteiger partial charge in [0.05, 0.1) is 29.4 Å². The number of amides is 3. The molecule has 0 bridgehead atoms. The molecule has 1 fully saturated rings. The van der Waals surface area contributed by atoms with Gasteiger partial charge in [-0.15, -0.1) is 0 Å². The predicted octanol–water partition coefficient (Wildman–Crippen LogP) is 2.66. The highest BCUT2D eigenvalue weighted by Gasteiger charge is 2.47. The van der Waals surface area contributed by atoms with Crippen molar-refractivity contribution in [2.45, 2.75) is 31.1 Å². The van der Waals surface area contributed by atoms with Gasteiger partial charge in [-0.3, -0.25) is 9.69 Å². The van der Waals surface area contributed by atoms with Gasteiger partial charge < -0.3 is 10.2 Å². The van der Waals surface area contributed by atoms with Crippen LogP contribution in [0.3, 0.4) is 0 Å². The third kappa shape index (κ3) is 2.56. The minimum absolute atomic E-state index is 0.144. The van der Waals surface area contributed by atoms with Crippen molar-refractivity contribution in [3.63, 3.8) is 0 Å². The van der Waals surface area contributed by atoms with Crippen molar-refractivity contribution in [3.05, 3.63) is 46.7 Å². The number of urea groups is 1. The van der Waals surface area contributed by atoms with E-state index in [-0.39, 0.29) is 18.0 Å². The maximum Gasteiger partial charge on any atom is 0.416 e. The van der Waals surface area contributed by atoms with Crippen molar-refractivity contribution in [2.24, 2.45) is 0 Å². The van der Waals surface area contributed by atoms with Gasteiger partial charge in [0.1, 0.15) is 0 Å². The molecular formula is C17H16F3N3O2. The number of nitrogens with zero attached hydrogens (tertiary/aromatic N) is 2. The number of benzene rings is 1. The fraction of sp³-hybridized carbons (Fsp3) is 0.412. The summed E-state index contributed by atoms with van der Waals surface area (Å²) in [5.41, 5.74) is 0.786. The van der Waals surface area contributed by atoms with Gasteiger partial charge in [0.15, 0.2) is 0 Å². The molecule has 1 aromatic carbocycles. The molecule has 0 aromatic heterocycles. The van der Waals surface area contributed by atoms with E-state index >= 15 is 0 Å². The highest BCUT2D eigenvalue weighted by molar-refractivity contribution is 6.01. The van der Waals surface area contributed by atoms with Crippen LogP contribution in [-0.2, 0) is 11.0 Å². The lowest BCUT2D eigenvalue weighted by molar-refractivity contribution is -0.137. The third-order valence-corrected chi connectivity index (χ3v) is 4.95. The summed E-state index contributed by atoms with van der Waals surface area (Å²) in [5.74, 6) is -0.144. The second-order valence-electron chi connectivity index (χ2n) is 6.59. The van der Waals surface area contributed by atoms with Gasteiger partial charge in [-0.05, 0) is 30.5 Å². The largest absolute Gasteiger partial charge is 0.416 e. The van der Waals surface area contributed by atoms with Crippen LogP contribution in [0.1, 0.15) is 30.0 Å². The summed E-state index contributed by atoms with van der Waals surface area (Å²) in [7, 11) is 1.59. The molecule has 25 heavy (non-hydrogen) atoms. The molecule has 3 aliphatic rings. The molecule has 1 N–H and O–H groups in total. The van der Waals surface area contributed by atoms with Gasteiger partial charge in [-0.25, -0.2) is 4.79 Å². The highest BCUT2D eigenvalue weighted by Crippen LogP contribution is 2.40. The fourth-order valence-corrected chi connectivity index (χ4v) is 3.38. The summed E-state index contributed by atoms with van der Waals surface area (Å²) < 4.78 is 38.3. The second kappa shape index (κ2) is 5.24. The molecule has 1 aromatic rings. The molecule has 0 saturated heterocycles. The summed E-state index contributed by atoms with van der Waals surface area (Å²) >= 11 is 0. The smallest absolute Gasteiger partial charge is 0.330 e. The summed E-state index contributed by atoms with van der Waals surface area (Å²) in [6.07, 6.45) is -2.53. The second-order valence-corrected chi connectivity index (χ2v) is 6.59. The molecule has 1 unspecified atom stereocenters. The van der Waals surface area contributed by atoms with Crippen LogP contribution < -0.4 is 5.32 Å². The summed E-state index contributed by atoms with van der Waals surface area (Å²) in [6, 6.07) is 3.69. The molecule has 1 aliphatic carbocycles. The number of hydrogen-bond donors (Lipinski definition) is 1. The van der Waals surface area contributed by atoms with Gasteiger partial charge in [-0.2, -0.15) is 13.2 Å². The maximum absolute atomic E-state index is 12.8. The Morgan fingerprint density at radius 1 is 1.12 bits per heavy atom. The first-order valence-corrected chi connectivity index (χ1v) is 8.03. The topological polar surface area (TPSA) is 52.7 Å². The number of hydrogen-bond acceptors (Lipinski definition) is 2. The van der Waals surface area contributed by atoms with Crippen LogP contribution >= 0.6 is 0 Å². The SMILES string of the molecule is CN1C(=O)NC(c2ccc(C(F)(F)F)cc2)C2=C1CN(C1CC1)C2=O. The quantitative estimate of drug-likeness (QED) is 0.891. The first kappa shape index (κ1) is 16.0. The van der Waals surface area contributed by atoms with E-state index in [9.17, 15) is 22.8 Å². The number of halogens is 3. The Labute approximate surface area is 142 Å². The Kier molecular flexibility index (Phi) is 3.35. The van der Waals surface area contributed by atoms with Crippen molar-refractivity contribution >= 4 is 11.9 Å². The monoisotopic (exact) mass is 351 g/mol. The Morgan fingerprint density at radius 3 is 2.32 bits per heavy atom. The number of nitrogens with one attached hydrogen (secondary N) is 1. The Morgan fingerprint density at radius 2 is 1.76 bits per heavy atom. The van der Waals surface area contributed by atoms with Crippen molar-refractivity contribution in [1.29, 1.82) is 0 Å². The van der Waals surface area contributed by atoms with Crippen LogP contribution in [0.2, 0.25) is 0 Å². The zero-order valence-corrected chi connectivity index (χ0v) is 13.4. The molecule has 0 radical (unpaired) electrons. The van der Waals surface area contributed by atoms with E-state index < -0.39 is 17.8 Å². The van der Waals surface area contributed by atoms with Crippen molar-refractivity contribution in [3.8, 4) is 0 Å². The van der Waals surface area contributed by atoms with E-state index in [1.165, 1.54) is 17.0 Å². The average molecular weight is 351 g/mol. The molecule has 2 aliphatic heterocycles. The average Bonchev–Trinajstić information content (AvgIpc) is 3.34. The summed E-state index contributed by atoms with van der Waals surface area (Å²) in [5, 5.41) is 2.72. The number of carbonyl (C=O) groups excluding carboxylic acids is 2. The summed E-state index contributed by atoms with van der Waals surface area (Å²) in [4.78, 5) is 28.2. The van der Waals surface area contributed by atoms with Gasteiger partial charge in [0, 0.05) is 13.1 Å². The minimum atomic E-state index is -4.43. The number of likely N-dealkylation sites (N-methyl/N-ethyl adjacent to an activating group) is 1. The lowest BCUT2D eigenvalue weighted by Crippen LogP contribution is -2.45. The number of alkyl halides is 3. The van der Waals surface area contributed by atoms with E-state index in [0.717, 1.165) is 25.0 Å². The predicted molar refractivity (Wildman–Crippen MR) is 82.2 cm³/mol. The van der Waals surface area contributed by atoms with Crippen LogP contribution in [0.15, 0.2) is 35.5 Å². The van der Waals surface area contributed by atoms with E-state index in [2.05, 4.69) is 5.32 Å². The first-order valence-electron chi connectivity index (χ1n) is 8.03. The Hall–Kier alpha value is -2.51. The van der Waals surface area contributed by atoms with Crippen molar-refractivity contribution < 1.29 is 22.8 Å². The third-order valence-electron chi connectivity index (χ3n) is 4.95. The van der Waals surface area contributed by atoms with Gasteiger partial charge >= 0.3 is 12.2 Å². The molecule has 8 heteroatoms. The number of rotatable bonds is 2. The molecule has 0 spiro atoms. The van der Waals surface area contributed by atoms with Crippen molar-refractivity contribution in [1.82, 2.24) is 15.1 Å².